The molecule has 0 unspecified atom stereocenters. The van der Waals surface area contributed by atoms with Crippen LogP contribution in [0.3, 0.4) is 0 Å². The number of amides is 3. The maximum Gasteiger partial charge on any atom is 0.315 e. The van der Waals surface area contributed by atoms with Crippen molar-refractivity contribution >= 4 is 17.6 Å². The minimum atomic E-state index is -0.207. The molecule has 1 atom stereocenters. The van der Waals surface area contributed by atoms with E-state index in [-0.39, 0.29) is 18.0 Å². The molecule has 1 saturated heterocycles. The molecule has 0 aromatic heterocycles. The van der Waals surface area contributed by atoms with Gasteiger partial charge in [-0.2, -0.15) is 0 Å². The van der Waals surface area contributed by atoms with Crippen LogP contribution in [0.1, 0.15) is 24.0 Å². The molecule has 2 N–H and O–H groups in total. The lowest BCUT2D eigenvalue weighted by molar-refractivity contribution is -0.117. The molecule has 3 amide bonds. The number of anilines is 1. The topological polar surface area (TPSA) is 61.4 Å². The van der Waals surface area contributed by atoms with Crippen molar-refractivity contribution in [1.29, 1.82) is 0 Å². The summed E-state index contributed by atoms with van der Waals surface area (Å²) in [5.74, 6) is 0.0447. The number of carbonyl (C=O) groups excluding carboxylic acids is 2. The molecule has 0 radical (unpaired) electrons. The third kappa shape index (κ3) is 4.85. The van der Waals surface area contributed by atoms with E-state index < -0.39 is 0 Å². The lowest BCUT2D eigenvalue weighted by Gasteiger charge is -2.17. The SMILES string of the molecule is Cc1ccc(N2C[C@@H](NC(=O)NCCCc3ccccc3)CC2=O)cc1. The van der Waals surface area contributed by atoms with Crippen molar-refractivity contribution in [2.75, 3.05) is 18.0 Å². The van der Waals surface area contributed by atoms with E-state index in [0.717, 1.165) is 24.1 Å². The standard InChI is InChI=1S/C21H25N3O2/c1-16-9-11-19(12-10-16)24-15-18(14-20(24)25)23-21(26)22-13-5-8-17-6-3-2-4-7-17/h2-4,6-7,9-12,18H,5,8,13-15H2,1H3,(H2,22,23,26)/t18-/m0/s1. The number of urea groups is 1. The zero-order chi connectivity index (χ0) is 18.4. The Kier molecular flexibility index (Phi) is 5.89. The fourth-order valence-corrected chi connectivity index (χ4v) is 3.15. The molecule has 0 aliphatic carbocycles. The maximum atomic E-state index is 12.2. The van der Waals surface area contributed by atoms with Crippen molar-refractivity contribution in [2.45, 2.75) is 32.2 Å². The van der Waals surface area contributed by atoms with Gasteiger partial charge in [0.25, 0.3) is 0 Å². The summed E-state index contributed by atoms with van der Waals surface area (Å²) in [5, 5.41) is 5.78. The van der Waals surface area contributed by atoms with Crippen LogP contribution in [0.2, 0.25) is 0 Å². The van der Waals surface area contributed by atoms with Crippen molar-refractivity contribution in [2.24, 2.45) is 0 Å². The number of nitrogens with zero attached hydrogens (tertiary/aromatic N) is 1. The van der Waals surface area contributed by atoms with E-state index in [1.165, 1.54) is 5.56 Å². The van der Waals surface area contributed by atoms with Crippen LogP contribution in [-0.2, 0) is 11.2 Å². The van der Waals surface area contributed by atoms with Crippen molar-refractivity contribution in [1.82, 2.24) is 10.6 Å². The van der Waals surface area contributed by atoms with Crippen molar-refractivity contribution < 1.29 is 9.59 Å². The van der Waals surface area contributed by atoms with E-state index in [1.807, 2.05) is 49.4 Å². The summed E-state index contributed by atoms with van der Waals surface area (Å²) in [6.45, 7) is 3.14. The molecule has 0 bridgehead atoms. The summed E-state index contributed by atoms with van der Waals surface area (Å²) >= 11 is 0. The average molecular weight is 351 g/mol. The van der Waals surface area contributed by atoms with E-state index in [2.05, 4.69) is 22.8 Å². The van der Waals surface area contributed by atoms with E-state index >= 15 is 0 Å². The Hall–Kier alpha value is -2.82. The Bertz CT molecular complexity index is 744. The van der Waals surface area contributed by atoms with Gasteiger partial charge in [-0.25, -0.2) is 4.79 Å². The zero-order valence-corrected chi connectivity index (χ0v) is 15.1. The summed E-state index contributed by atoms with van der Waals surface area (Å²) in [6, 6.07) is 17.7. The number of hydrogen-bond acceptors (Lipinski definition) is 2. The molecule has 3 rings (SSSR count). The number of aryl methyl sites for hydroxylation is 2. The van der Waals surface area contributed by atoms with Crippen LogP contribution in [0.25, 0.3) is 0 Å². The number of rotatable bonds is 6. The quantitative estimate of drug-likeness (QED) is 0.786. The van der Waals surface area contributed by atoms with Crippen LogP contribution in [0, 0.1) is 6.92 Å². The highest BCUT2D eigenvalue weighted by atomic mass is 16.2. The van der Waals surface area contributed by atoms with Crippen LogP contribution >= 0.6 is 0 Å². The molecule has 2 aromatic carbocycles. The summed E-state index contributed by atoms with van der Waals surface area (Å²) < 4.78 is 0. The first-order valence-corrected chi connectivity index (χ1v) is 9.07. The van der Waals surface area contributed by atoms with Crippen LogP contribution in [0.5, 0.6) is 0 Å². The molecule has 1 heterocycles. The first-order chi connectivity index (χ1) is 12.6. The fraction of sp³-hybridized carbons (Fsp3) is 0.333. The molecule has 5 nitrogen and oxygen atoms in total. The number of hydrogen-bond donors (Lipinski definition) is 2. The molecular weight excluding hydrogens is 326 g/mol. The first-order valence-electron chi connectivity index (χ1n) is 9.07. The molecule has 1 aliphatic rings. The van der Waals surface area contributed by atoms with Crippen molar-refractivity contribution in [3.8, 4) is 0 Å². The van der Waals surface area contributed by atoms with E-state index in [4.69, 9.17) is 0 Å². The molecule has 5 heteroatoms. The highest BCUT2D eigenvalue weighted by Gasteiger charge is 2.31. The second-order valence-corrected chi connectivity index (χ2v) is 6.73. The largest absolute Gasteiger partial charge is 0.338 e. The average Bonchev–Trinajstić information content (AvgIpc) is 3.00. The Balaban J connectivity index is 1.40. The lowest BCUT2D eigenvalue weighted by atomic mass is 10.1. The smallest absolute Gasteiger partial charge is 0.315 e. The highest BCUT2D eigenvalue weighted by Crippen LogP contribution is 2.21. The van der Waals surface area contributed by atoms with Gasteiger partial charge in [0.05, 0.1) is 6.04 Å². The number of carbonyl (C=O) groups is 2. The Morgan fingerprint density at radius 3 is 2.58 bits per heavy atom. The van der Waals surface area contributed by atoms with Crippen molar-refractivity contribution in [3.63, 3.8) is 0 Å². The molecule has 2 aromatic rings. The van der Waals surface area contributed by atoms with Gasteiger partial charge in [-0.15, -0.1) is 0 Å². The Labute approximate surface area is 154 Å². The summed E-state index contributed by atoms with van der Waals surface area (Å²) in [7, 11) is 0. The molecular formula is C21H25N3O2. The first kappa shape index (κ1) is 18.0. The summed E-state index contributed by atoms with van der Waals surface area (Å²) in [6.07, 6.45) is 2.16. The minimum Gasteiger partial charge on any atom is -0.338 e. The fourth-order valence-electron chi connectivity index (χ4n) is 3.15. The van der Waals surface area contributed by atoms with E-state index in [9.17, 15) is 9.59 Å². The molecule has 0 saturated carbocycles. The van der Waals surface area contributed by atoms with E-state index in [0.29, 0.717) is 19.5 Å². The van der Waals surface area contributed by atoms with Gasteiger partial charge < -0.3 is 15.5 Å². The predicted octanol–water partition coefficient (Wildman–Crippen LogP) is 3.03. The number of benzene rings is 2. The van der Waals surface area contributed by atoms with Crippen LogP contribution < -0.4 is 15.5 Å². The third-order valence-electron chi connectivity index (χ3n) is 4.58. The second kappa shape index (κ2) is 8.52. The molecule has 1 fully saturated rings. The normalized spacial score (nSPS) is 16.6. The van der Waals surface area contributed by atoms with Crippen molar-refractivity contribution in [3.05, 3.63) is 65.7 Å². The summed E-state index contributed by atoms with van der Waals surface area (Å²) in [4.78, 5) is 26.0. The monoisotopic (exact) mass is 351 g/mol. The van der Waals surface area contributed by atoms with Gasteiger partial charge in [-0.1, -0.05) is 48.0 Å². The van der Waals surface area contributed by atoms with Crippen LogP contribution in [0.15, 0.2) is 54.6 Å². The minimum absolute atomic E-state index is 0.0447. The van der Waals surface area contributed by atoms with Gasteiger partial charge in [-0.05, 0) is 37.5 Å². The van der Waals surface area contributed by atoms with Crippen LogP contribution in [-0.4, -0.2) is 31.1 Å². The Morgan fingerprint density at radius 1 is 1.12 bits per heavy atom. The van der Waals surface area contributed by atoms with E-state index in [1.54, 1.807) is 4.90 Å². The van der Waals surface area contributed by atoms with Gasteiger partial charge in [0.1, 0.15) is 0 Å². The van der Waals surface area contributed by atoms with Gasteiger partial charge in [0.2, 0.25) is 5.91 Å². The molecule has 1 aliphatic heterocycles. The van der Waals surface area contributed by atoms with Gasteiger partial charge in [0.15, 0.2) is 0 Å². The maximum absolute atomic E-state index is 12.2. The van der Waals surface area contributed by atoms with Gasteiger partial charge in [-0.3, -0.25) is 4.79 Å². The molecule has 0 spiro atoms. The predicted molar refractivity (Wildman–Crippen MR) is 103 cm³/mol. The van der Waals surface area contributed by atoms with Crippen LogP contribution in [0.4, 0.5) is 10.5 Å². The Morgan fingerprint density at radius 2 is 1.85 bits per heavy atom. The third-order valence-corrected chi connectivity index (χ3v) is 4.58. The second-order valence-electron chi connectivity index (χ2n) is 6.73. The molecule has 26 heavy (non-hydrogen) atoms. The molecule has 136 valence electrons. The lowest BCUT2D eigenvalue weighted by Crippen LogP contribution is -2.43. The van der Waals surface area contributed by atoms with Gasteiger partial charge >= 0.3 is 6.03 Å². The number of nitrogens with one attached hydrogen (secondary N) is 2. The summed E-state index contributed by atoms with van der Waals surface area (Å²) in [5.41, 5.74) is 3.31. The highest BCUT2D eigenvalue weighted by molar-refractivity contribution is 5.96. The van der Waals surface area contributed by atoms with Gasteiger partial charge in [0, 0.05) is 25.2 Å². The zero-order valence-electron chi connectivity index (χ0n) is 15.1.